The third kappa shape index (κ3) is 15.4. The number of unbranched alkanes of at least 4 members (excludes halogenated alkanes) is 9. The Morgan fingerprint density at radius 3 is 2.19 bits per heavy atom. The molecule has 0 saturated heterocycles. The van der Waals surface area contributed by atoms with Crippen LogP contribution >= 0.6 is 0 Å². The second-order valence-electron chi connectivity index (χ2n) is 21.2. The standard InChI is InChI=1S/C54H97NO3/c1-10-12-13-14-15-16-17-18-19-20-21-22-23-24-25-26-39-56-42-47(41-55(8)9)58-52(28-11-2)57-46-35-37-53(6)45(40-46)31-32-48-50-34-33-49(44(5)30-27-29-43(3)4)54(50,7)38-36-51(48)53/h15-16,18-19,31,43-44,46-52H,10-14,17,20-30,32-42H2,1-9H3/b16-15-,19-18-/t44-,46?,47?,48?,49-,50?,51?,52?,53+,54-/m1/s1. The molecule has 10 atom stereocenters. The molecule has 6 unspecified atom stereocenters. The zero-order valence-electron chi connectivity index (χ0n) is 40.1. The molecule has 4 heteroatoms. The van der Waals surface area contributed by atoms with Gasteiger partial charge in [0.15, 0.2) is 6.29 Å². The van der Waals surface area contributed by atoms with Crippen LogP contribution in [0.15, 0.2) is 36.0 Å². The summed E-state index contributed by atoms with van der Waals surface area (Å²) in [5.74, 6) is 5.31. The van der Waals surface area contributed by atoms with Gasteiger partial charge in [-0.25, -0.2) is 0 Å². The molecule has 4 rings (SSSR count). The molecule has 0 aromatic heterocycles. The van der Waals surface area contributed by atoms with Crippen molar-refractivity contribution in [3.63, 3.8) is 0 Å². The summed E-state index contributed by atoms with van der Waals surface area (Å²) >= 11 is 0. The Morgan fingerprint density at radius 1 is 0.759 bits per heavy atom. The lowest BCUT2D eigenvalue weighted by Gasteiger charge is -2.58. The van der Waals surface area contributed by atoms with Crippen molar-refractivity contribution in [2.45, 2.75) is 227 Å². The number of hydrogen-bond acceptors (Lipinski definition) is 4. The first-order chi connectivity index (χ1) is 28.0. The Labute approximate surface area is 361 Å². The van der Waals surface area contributed by atoms with Gasteiger partial charge in [0.1, 0.15) is 0 Å². The third-order valence-corrected chi connectivity index (χ3v) is 15.8. The molecule has 0 radical (unpaired) electrons. The third-order valence-electron chi connectivity index (χ3n) is 15.8. The topological polar surface area (TPSA) is 30.9 Å². The van der Waals surface area contributed by atoms with E-state index in [0.717, 1.165) is 80.8 Å². The lowest BCUT2D eigenvalue weighted by molar-refractivity contribution is -0.213. The summed E-state index contributed by atoms with van der Waals surface area (Å²) in [4.78, 5) is 2.24. The highest BCUT2D eigenvalue weighted by Gasteiger charge is 2.59. The van der Waals surface area contributed by atoms with Crippen molar-refractivity contribution in [3.8, 4) is 0 Å². The van der Waals surface area contributed by atoms with E-state index in [2.05, 4.69) is 97.8 Å². The van der Waals surface area contributed by atoms with Crippen molar-refractivity contribution >= 4 is 0 Å². The Balaban J connectivity index is 1.16. The minimum atomic E-state index is -0.153. The van der Waals surface area contributed by atoms with Crippen LogP contribution < -0.4 is 0 Å². The molecule has 336 valence electrons. The minimum absolute atomic E-state index is 0.0318. The lowest BCUT2D eigenvalue weighted by atomic mass is 9.47. The van der Waals surface area contributed by atoms with Crippen LogP contribution in [0.4, 0.5) is 0 Å². The largest absolute Gasteiger partial charge is 0.379 e. The van der Waals surface area contributed by atoms with Gasteiger partial charge in [-0.2, -0.15) is 0 Å². The minimum Gasteiger partial charge on any atom is -0.379 e. The van der Waals surface area contributed by atoms with Crippen LogP contribution in [0.3, 0.4) is 0 Å². The fourth-order valence-electron chi connectivity index (χ4n) is 12.6. The Kier molecular flexibility index (Phi) is 22.7. The number of likely N-dealkylation sites (N-methyl/N-ethyl adjacent to an activating group) is 1. The van der Waals surface area contributed by atoms with Crippen LogP contribution in [0.25, 0.3) is 0 Å². The number of fused-ring (bicyclic) bond motifs is 5. The average Bonchev–Trinajstić information content (AvgIpc) is 3.54. The molecule has 0 spiro atoms. The summed E-state index contributed by atoms with van der Waals surface area (Å²) in [7, 11) is 4.29. The highest BCUT2D eigenvalue weighted by atomic mass is 16.7. The first-order valence-electron chi connectivity index (χ1n) is 25.5. The zero-order valence-corrected chi connectivity index (χ0v) is 40.1. The summed E-state index contributed by atoms with van der Waals surface area (Å²) in [6.45, 7) is 19.7. The van der Waals surface area contributed by atoms with Gasteiger partial charge in [-0.1, -0.05) is 149 Å². The fourth-order valence-corrected chi connectivity index (χ4v) is 12.6. The number of allylic oxidation sites excluding steroid dienone is 5. The average molecular weight is 808 g/mol. The van der Waals surface area contributed by atoms with Gasteiger partial charge in [0.05, 0.1) is 18.8 Å². The number of hydrogen-bond donors (Lipinski definition) is 0. The Morgan fingerprint density at radius 2 is 1.48 bits per heavy atom. The quantitative estimate of drug-likeness (QED) is 0.0411. The molecule has 4 aliphatic carbocycles. The molecule has 0 aromatic rings. The second kappa shape index (κ2) is 26.5. The van der Waals surface area contributed by atoms with E-state index in [4.69, 9.17) is 14.2 Å². The van der Waals surface area contributed by atoms with E-state index in [9.17, 15) is 0 Å². The highest BCUT2D eigenvalue weighted by Crippen LogP contribution is 2.67. The van der Waals surface area contributed by atoms with Gasteiger partial charge in [0.2, 0.25) is 0 Å². The SMILES string of the molecule is CCCCC/C=C\C/C=C\CCCCCCCCOCC(CN(C)C)OC(CCC)OC1CC[C@@]2(C)C(=CCC3C2CC[C@@]2(C)C3CC[C@@H]2[C@H](C)CCCC(C)C)C1. The van der Waals surface area contributed by atoms with Crippen LogP contribution in [0.1, 0.15) is 209 Å². The molecule has 4 nitrogen and oxygen atoms in total. The van der Waals surface area contributed by atoms with Crippen molar-refractivity contribution in [1.29, 1.82) is 0 Å². The van der Waals surface area contributed by atoms with E-state index in [1.165, 1.54) is 128 Å². The van der Waals surface area contributed by atoms with Gasteiger partial charge >= 0.3 is 0 Å². The van der Waals surface area contributed by atoms with E-state index in [1.807, 2.05) is 0 Å². The van der Waals surface area contributed by atoms with Crippen LogP contribution in [0.5, 0.6) is 0 Å². The van der Waals surface area contributed by atoms with Crippen molar-refractivity contribution in [2.24, 2.45) is 46.3 Å². The molecule has 0 bridgehead atoms. The molecule has 0 aromatic carbocycles. The lowest BCUT2D eigenvalue weighted by Crippen LogP contribution is -2.51. The van der Waals surface area contributed by atoms with Gasteiger partial charge in [-0.15, -0.1) is 0 Å². The molecule has 4 aliphatic rings. The highest BCUT2D eigenvalue weighted by molar-refractivity contribution is 5.25. The second-order valence-corrected chi connectivity index (χ2v) is 21.2. The number of rotatable bonds is 30. The zero-order chi connectivity index (χ0) is 41.8. The Bertz CT molecular complexity index is 1190. The molecular weight excluding hydrogens is 711 g/mol. The van der Waals surface area contributed by atoms with Gasteiger partial charge < -0.3 is 19.1 Å². The van der Waals surface area contributed by atoms with Crippen molar-refractivity contribution in [3.05, 3.63) is 36.0 Å². The molecule has 0 N–H and O–H groups in total. The van der Waals surface area contributed by atoms with Crippen LogP contribution in [0.2, 0.25) is 0 Å². The van der Waals surface area contributed by atoms with E-state index >= 15 is 0 Å². The first-order valence-corrected chi connectivity index (χ1v) is 25.5. The summed E-state index contributed by atoms with van der Waals surface area (Å²) in [5.41, 5.74) is 2.64. The number of ether oxygens (including phenoxy) is 3. The molecular formula is C54H97NO3. The summed E-state index contributed by atoms with van der Waals surface area (Å²) in [6, 6.07) is 0. The van der Waals surface area contributed by atoms with E-state index in [1.54, 1.807) is 5.57 Å². The van der Waals surface area contributed by atoms with Gasteiger partial charge in [0.25, 0.3) is 0 Å². The molecule has 0 aliphatic heterocycles. The normalized spacial score (nSPS) is 30.2. The predicted molar refractivity (Wildman–Crippen MR) is 250 cm³/mol. The molecule has 0 amide bonds. The van der Waals surface area contributed by atoms with Crippen molar-refractivity contribution in [1.82, 2.24) is 4.90 Å². The van der Waals surface area contributed by atoms with Gasteiger partial charge in [-0.05, 0) is 157 Å². The van der Waals surface area contributed by atoms with Crippen LogP contribution in [-0.4, -0.2) is 57.3 Å². The van der Waals surface area contributed by atoms with E-state index in [-0.39, 0.29) is 18.5 Å². The maximum absolute atomic E-state index is 6.94. The monoisotopic (exact) mass is 808 g/mol. The predicted octanol–water partition coefficient (Wildman–Crippen LogP) is 15.3. The summed E-state index contributed by atoms with van der Waals surface area (Å²) in [6.07, 6.45) is 44.5. The molecule has 58 heavy (non-hydrogen) atoms. The summed E-state index contributed by atoms with van der Waals surface area (Å²) in [5, 5.41) is 0. The van der Waals surface area contributed by atoms with E-state index < -0.39 is 0 Å². The molecule has 3 saturated carbocycles. The van der Waals surface area contributed by atoms with Crippen LogP contribution in [-0.2, 0) is 14.2 Å². The molecule has 3 fully saturated rings. The van der Waals surface area contributed by atoms with Gasteiger partial charge in [0, 0.05) is 13.2 Å². The Hall–Kier alpha value is -0.940. The maximum Gasteiger partial charge on any atom is 0.158 e. The fraction of sp³-hybridized carbons (Fsp3) is 0.889. The number of nitrogens with zero attached hydrogens (tertiary/aromatic N) is 1. The first kappa shape index (κ1) is 49.7. The summed E-state index contributed by atoms with van der Waals surface area (Å²) < 4.78 is 20.0. The molecule has 0 heterocycles. The smallest absolute Gasteiger partial charge is 0.158 e. The van der Waals surface area contributed by atoms with Crippen molar-refractivity contribution < 1.29 is 14.2 Å². The van der Waals surface area contributed by atoms with Gasteiger partial charge in [-0.3, -0.25) is 0 Å². The van der Waals surface area contributed by atoms with Crippen molar-refractivity contribution in [2.75, 3.05) is 33.9 Å². The maximum atomic E-state index is 6.94. The van der Waals surface area contributed by atoms with Crippen LogP contribution in [0, 0.1) is 46.3 Å². The van der Waals surface area contributed by atoms with E-state index in [0.29, 0.717) is 17.4 Å².